The number of halogens is 1. The molecule has 2 unspecified atom stereocenters. The number of rotatable bonds is 8. The van der Waals surface area contributed by atoms with Gasteiger partial charge in [0.2, 0.25) is 0 Å². The summed E-state index contributed by atoms with van der Waals surface area (Å²) in [6.45, 7) is 5.59. The van der Waals surface area contributed by atoms with Gasteiger partial charge in [0.15, 0.2) is 5.78 Å². The molecule has 1 rings (SSSR count). The predicted molar refractivity (Wildman–Crippen MR) is 85.2 cm³/mol. The largest absolute Gasteiger partial charge is 0.466 e. The van der Waals surface area contributed by atoms with Gasteiger partial charge in [-0.15, -0.1) is 0 Å². The van der Waals surface area contributed by atoms with Crippen molar-refractivity contribution >= 4 is 23.4 Å². The van der Waals surface area contributed by atoms with Crippen molar-refractivity contribution in [1.29, 1.82) is 0 Å². The fourth-order valence-corrected chi connectivity index (χ4v) is 2.07. The predicted octanol–water partition coefficient (Wildman–Crippen LogP) is 2.12. The number of aliphatic hydroxyl groups excluding tert-OH is 1. The molecular formula is C16H22ClNO4. The summed E-state index contributed by atoms with van der Waals surface area (Å²) in [6.07, 6.45) is -0.703. The Morgan fingerprint density at radius 3 is 2.64 bits per heavy atom. The van der Waals surface area contributed by atoms with Crippen LogP contribution in [0.3, 0.4) is 0 Å². The Morgan fingerprint density at radius 1 is 1.41 bits per heavy atom. The van der Waals surface area contributed by atoms with Crippen molar-refractivity contribution in [1.82, 2.24) is 5.32 Å². The number of aryl methyl sites for hydroxylation is 1. The van der Waals surface area contributed by atoms with Crippen LogP contribution in [0.15, 0.2) is 18.2 Å². The van der Waals surface area contributed by atoms with Crippen molar-refractivity contribution in [2.75, 3.05) is 13.2 Å². The summed E-state index contributed by atoms with van der Waals surface area (Å²) in [5, 5.41) is 12.9. The fourth-order valence-electron chi connectivity index (χ4n) is 1.96. The molecule has 0 aliphatic heterocycles. The molecule has 0 heterocycles. The molecule has 2 atom stereocenters. The van der Waals surface area contributed by atoms with Crippen LogP contribution in [0.2, 0.25) is 5.02 Å². The lowest BCUT2D eigenvalue weighted by Gasteiger charge is -2.18. The van der Waals surface area contributed by atoms with Gasteiger partial charge in [-0.25, -0.2) is 0 Å². The quantitative estimate of drug-likeness (QED) is 0.565. The van der Waals surface area contributed by atoms with Crippen molar-refractivity contribution in [3.8, 4) is 0 Å². The number of ketones is 1. The normalized spacial score (nSPS) is 13.5. The molecule has 0 saturated carbocycles. The van der Waals surface area contributed by atoms with Gasteiger partial charge in [0.05, 0.1) is 25.2 Å². The Balaban J connectivity index is 2.89. The van der Waals surface area contributed by atoms with Gasteiger partial charge in [0.25, 0.3) is 0 Å². The monoisotopic (exact) mass is 327 g/mol. The van der Waals surface area contributed by atoms with Crippen LogP contribution in [0.25, 0.3) is 0 Å². The fraction of sp³-hybridized carbons (Fsp3) is 0.500. The SMILES string of the molecule is CCOC(=O)CC(NCC(C)O)C(=O)c1ccc(Cl)c(C)c1. The van der Waals surface area contributed by atoms with E-state index in [1.807, 2.05) is 6.92 Å². The molecule has 0 spiro atoms. The molecule has 22 heavy (non-hydrogen) atoms. The molecular weight excluding hydrogens is 306 g/mol. The molecule has 0 aromatic heterocycles. The number of aliphatic hydroxyl groups is 1. The molecule has 0 aliphatic carbocycles. The molecule has 0 bridgehead atoms. The summed E-state index contributed by atoms with van der Waals surface area (Å²) >= 11 is 5.96. The third-order valence-corrected chi connectivity index (χ3v) is 3.52. The average molecular weight is 328 g/mol. The Bertz CT molecular complexity index is 531. The van der Waals surface area contributed by atoms with Crippen LogP contribution in [0.5, 0.6) is 0 Å². The van der Waals surface area contributed by atoms with E-state index in [2.05, 4.69) is 5.32 Å². The molecule has 0 fully saturated rings. The number of carbonyl (C=O) groups excluding carboxylic acids is 2. The summed E-state index contributed by atoms with van der Waals surface area (Å²) in [6, 6.07) is 4.22. The summed E-state index contributed by atoms with van der Waals surface area (Å²) in [5.74, 6) is -0.682. The maximum atomic E-state index is 12.6. The van der Waals surface area contributed by atoms with Crippen LogP contribution < -0.4 is 5.32 Å². The van der Waals surface area contributed by atoms with Crippen LogP contribution in [0.4, 0.5) is 0 Å². The smallest absolute Gasteiger partial charge is 0.307 e. The van der Waals surface area contributed by atoms with Gasteiger partial charge in [-0.05, 0) is 44.5 Å². The van der Waals surface area contributed by atoms with E-state index in [-0.39, 0.29) is 25.4 Å². The Hall–Kier alpha value is -1.43. The highest BCUT2D eigenvalue weighted by Gasteiger charge is 2.24. The number of benzene rings is 1. The van der Waals surface area contributed by atoms with Gasteiger partial charge in [0, 0.05) is 17.1 Å². The number of Topliss-reactive ketones (excluding diaryl/α,β-unsaturated/α-hetero) is 1. The van der Waals surface area contributed by atoms with Gasteiger partial charge in [-0.1, -0.05) is 11.6 Å². The van der Waals surface area contributed by atoms with Crippen LogP contribution >= 0.6 is 11.6 Å². The van der Waals surface area contributed by atoms with Gasteiger partial charge in [-0.2, -0.15) is 0 Å². The molecule has 6 heteroatoms. The van der Waals surface area contributed by atoms with E-state index in [0.29, 0.717) is 10.6 Å². The van der Waals surface area contributed by atoms with E-state index >= 15 is 0 Å². The number of nitrogens with one attached hydrogen (secondary N) is 1. The van der Waals surface area contributed by atoms with Gasteiger partial charge in [0.1, 0.15) is 0 Å². The molecule has 0 radical (unpaired) electrons. The standard InChI is InChI=1S/C16H22ClNO4/c1-4-22-15(20)8-14(18-9-11(3)19)16(21)12-5-6-13(17)10(2)7-12/h5-7,11,14,18-19H,4,8-9H2,1-3H3. The van der Waals surface area contributed by atoms with Crippen molar-refractivity contribution in [2.24, 2.45) is 0 Å². The molecule has 122 valence electrons. The minimum atomic E-state index is -0.741. The lowest BCUT2D eigenvalue weighted by atomic mass is 10.00. The minimum absolute atomic E-state index is 0.0823. The van der Waals surface area contributed by atoms with Crippen LogP contribution in [0, 0.1) is 6.92 Å². The third-order valence-electron chi connectivity index (χ3n) is 3.09. The van der Waals surface area contributed by atoms with Crippen molar-refractivity contribution in [3.63, 3.8) is 0 Å². The van der Waals surface area contributed by atoms with Crippen LogP contribution in [0.1, 0.15) is 36.2 Å². The number of hydrogen-bond acceptors (Lipinski definition) is 5. The van der Waals surface area contributed by atoms with E-state index in [4.69, 9.17) is 16.3 Å². The summed E-state index contributed by atoms with van der Waals surface area (Å²) < 4.78 is 4.89. The molecule has 0 aliphatic rings. The number of carbonyl (C=O) groups is 2. The number of ether oxygens (including phenoxy) is 1. The second-order valence-electron chi connectivity index (χ2n) is 5.15. The van der Waals surface area contributed by atoms with Crippen molar-refractivity contribution in [3.05, 3.63) is 34.3 Å². The van der Waals surface area contributed by atoms with Crippen molar-refractivity contribution in [2.45, 2.75) is 39.3 Å². The van der Waals surface area contributed by atoms with Crippen molar-refractivity contribution < 1.29 is 19.4 Å². The molecule has 0 amide bonds. The van der Waals surface area contributed by atoms with E-state index in [1.165, 1.54) is 0 Å². The molecule has 1 aromatic rings. The first-order chi connectivity index (χ1) is 10.3. The first-order valence-corrected chi connectivity index (χ1v) is 7.60. The Morgan fingerprint density at radius 2 is 2.09 bits per heavy atom. The maximum Gasteiger partial charge on any atom is 0.307 e. The van der Waals surface area contributed by atoms with Crippen LogP contribution in [-0.2, 0) is 9.53 Å². The van der Waals surface area contributed by atoms with Crippen LogP contribution in [-0.4, -0.2) is 42.2 Å². The minimum Gasteiger partial charge on any atom is -0.466 e. The summed E-state index contributed by atoms with van der Waals surface area (Å²) in [4.78, 5) is 24.2. The van der Waals surface area contributed by atoms with Gasteiger partial charge in [-0.3, -0.25) is 9.59 Å². The second kappa shape index (κ2) is 8.88. The molecule has 5 nitrogen and oxygen atoms in total. The zero-order valence-corrected chi connectivity index (χ0v) is 13.8. The molecule has 1 aromatic carbocycles. The van der Waals surface area contributed by atoms with E-state index in [0.717, 1.165) is 5.56 Å². The first-order valence-electron chi connectivity index (χ1n) is 7.22. The first kappa shape index (κ1) is 18.6. The number of esters is 1. The lowest BCUT2D eigenvalue weighted by molar-refractivity contribution is -0.143. The van der Waals surface area contributed by atoms with E-state index < -0.39 is 18.1 Å². The van der Waals surface area contributed by atoms with Gasteiger partial charge < -0.3 is 15.2 Å². The summed E-state index contributed by atoms with van der Waals surface area (Å²) in [5.41, 5.74) is 1.26. The van der Waals surface area contributed by atoms with E-state index in [9.17, 15) is 14.7 Å². The number of hydrogen-bond donors (Lipinski definition) is 2. The third kappa shape index (κ3) is 5.75. The maximum absolute atomic E-state index is 12.6. The zero-order chi connectivity index (χ0) is 16.7. The highest BCUT2D eigenvalue weighted by molar-refractivity contribution is 6.31. The molecule has 2 N–H and O–H groups in total. The van der Waals surface area contributed by atoms with E-state index in [1.54, 1.807) is 32.0 Å². The lowest BCUT2D eigenvalue weighted by Crippen LogP contribution is -2.42. The highest BCUT2D eigenvalue weighted by atomic mass is 35.5. The topological polar surface area (TPSA) is 75.6 Å². The second-order valence-corrected chi connectivity index (χ2v) is 5.55. The average Bonchev–Trinajstić information content (AvgIpc) is 2.45. The Kier molecular flexibility index (Phi) is 7.51. The van der Waals surface area contributed by atoms with Gasteiger partial charge >= 0.3 is 5.97 Å². The Labute approximate surface area is 135 Å². The zero-order valence-electron chi connectivity index (χ0n) is 13.1. The summed E-state index contributed by atoms with van der Waals surface area (Å²) in [7, 11) is 0. The highest BCUT2D eigenvalue weighted by Crippen LogP contribution is 2.18. The molecule has 0 saturated heterocycles.